The van der Waals surface area contributed by atoms with Crippen LogP contribution in [0.4, 0.5) is 0 Å². The lowest BCUT2D eigenvalue weighted by molar-refractivity contribution is 0.475. The molecule has 0 bridgehead atoms. The van der Waals surface area contributed by atoms with Crippen LogP contribution in [0, 0.1) is 0 Å². The smallest absolute Gasteiger partial charge is 0.115 e. The average molecular weight is 402 g/mol. The lowest BCUT2D eigenvalue weighted by Crippen LogP contribution is -2.21. The molecule has 30 heavy (non-hydrogen) atoms. The lowest BCUT2D eigenvalue weighted by atomic mass is 9.94. The molecule has 0 heterocycles. The van der Waals surface area contributed by atoms with E-state index in [1.807, 2.05) is 0 Å². The summed E-state index contributed by atoms with van der Waals surface area (Å²) in [4.78, 5) is 0. The molecule has 1 unspecified atom stereocenters. The number of hydrogen-bond acceptors (Lipinski definition) is 1. The van der Waals surface area contributed by atoms with Crippen LogP contribution >= 0.6 is 7.92 Å². The van der Waals surface area contributed by atoms with Crippen molar-refractivity contribution in [2.24, 2.45) is 0 Å². The largest absolute Gasteiger partial charge is 0.508 e. The Morgan fingerprint density at radius 1 is 0.467 bits per heavy atom. The number of hydrogen-bond donors (Lipinski definition) is 1. The van der Waals surface area contributed by atoms with Gasteiger partial charge in [0.1, 0.15) is 5.75 Å². The van der Waals surface area contributed by atoms with Crippen molar-refractivity contribution in [1.82, 2.24) is 0 Å². The second-order valence-corrected chi connectivity index (χ2v) is 9.81. The fourth-order valence-corrected chi connectivity index (χ4v) is 6.94. The van der Waals surface area contributed by atoms with E-state index in [1.54, 1.807) is 12.1 Å². The van der Waals surface area contributed by atoms with E-state index in [-0.39, 0.29) is 0 Å². The van der Waals surface area contributed by atoms with Crippen LogP contribution in [-0.2, 0) is 0 Å². The lowest BCUT2D eigenvalue weighted by Gasteiger charge is -2.22. The van der Waals surface area contributed by atoms with Gasteiger partial charge in [-0.2, -0.15) is 0 Å². The minimum absolute atomic E-state index is 0.303. The molecule has 0 amide bonds. The number of benzene rings is 6. The Labute approximate surface area is 176 Å². The second kappa shape index (κ2) is 6.83. The second-order valence-electron chi connectivity index (χ2n) is 7.63. The van der Waals surface area contributed by atoms with E-state index in [9.17, 15) is 5.11 Å². The van der Waals surface area contributed by atoms with Crippen LogP contribution in [0.25, 0.3) is 32.3 Å². The van der Waals surface area contributed by atoms with Gasteiger partial charge in [-0.25, -0.2) is 0 Å². The first kappa shape index (κ1) is 17.4. The predicted octanol–water partition coefficient (Wildman–Crippen LogP) is 6.05. The van der Waals surface area contributed by atoms with Crippen LogP contribution in [0.5, 0.6) is 5.75 Å². The van der Waals surface area contributed by atoms with Crippen molar-refractivity contribution in [1.29, 1.82) is 0 Å². The van der Waals surface area contributed by atoms with Crippen LogP contribution in [0.15, 0.2) is 109 Å². The molecule has 6 rings (SSSR count). The van der Waals surface area contributed by atoms with Crippen LogP contribution in [0.3, 0.4) is 0 Å². The Bertz CT molecular complexity index is 1470. The number of rotatable bonds is 3. The van der Waals surface area contributed by atoms with E-state index < -0.39 is 7.92 Å². The minimum Gasteiger partial charge on any atom is -0.508 e. The molecular formula is C28H19OP. The third-order valence-electron chi connectivity index (χ3n) is 5.87. The van der Waals surface area contributed by atoms with E-state index in [1.165, 1.54) is 48.2 Å². The molecule has 142 valence electrons. The van der Waals surface area contributed by atoms with Gasteiger partial charge in [-0.1, -0.05) is 97.1 Å². The Balaban J connectivity index is 1.71. The summed E-state index contributed by atoms with van der Waals surface area (Å²) in [7, 11) is -0.747. The zero-order valence-electron chi connectivity index (χ0n) is 16.3. The summed E-state index contributed by atoms with van der Waals surface area (Å²) >= 11 is 0. The van der Waals surface area contributed by atoms with E-state index >= 15 is 0 Å². The number of phenolic OH excluding ortho intramolecular Hbond substituents is 1. The average Bonchev–Trinajstić information content (AvgIpc) is 2.80. The Morgan fingerprint density at radius 2 is 1.07 bits per heavy atom. The predicted molar refractivity (Wildman–Crippen MR) is 131 cm³/mol. The summed E-state index contributed by atoms with van der Waals surface area (Å²) in [6, 6.07) is 38.6. The Morgan fingerprint density at radius 3 is 1.80 bits per heavy atom. The highest BCUT2D eigenvalue weighted by atomic mass is 31.1. The maximum atomic E-state index is 9.84. The zero-order valence-corrected chi connectivity index (χ0v) is 17.2. The summed E-state index contributed by atoms with van der Waals surface area (Å²) in [5.41, 5.74) is 0. The third-order valence-corrected chi connectivity index (χ3v) is 8.37. The molecular weight excluding hydrogens is 383 g/mol. The van der Waals surface area contributed by atoms with E-state index in [4.69, 9.17) is 0 Å². The topological polar surface area (TPSA) is 20.2 Å². The third kappa shape index (κ3) is 2.67. The van der Waals surface area contributed by atoms with Crippen LogP contribution in [0.2, 0.25) is 0 Å². The van der Waals surface area contributed by atoms with Gasteiger partial charge in [-0.3, -0.25) is 0 Å². The van der Waals surface area contributed by atoms with Crippen molar-refractivity contribution >= 4 is 56.2 Å². The van der Waals surface area contributed by atoms with Crippen molar-refractivity contribution in [3.8, 4) is 5.75 Å². The van der Waals surface area contributed by atoms with Gasteiger partial charge >= 0.3 is 0 Å². The molecule has 0 saturated heterocycles. The number of phenols is 1. The normalized spacial score (nSPS) is 12.7. The molecule has 0 aliphatic carbocycles. The molecule has 6 aromatic rings. The fraction of sp³-hybridized carbons (Fsp3) is 0. The van der Waals surface area contributed by atoms with E-state index in [2.05, 4.69) is 97.1 Å². The van der Waals surface area contributed by atoms with Gasteiger partial charge in [0.05, 0.1) is 0 Å². The van der Waals surface area contributed by atoms with Gasteiger partial charge < -0.3 is 5.11 Å². The Kier molecular flexibility index (Phi) is 3.97. The summed E-state index contributed by atoms with van der Waals surface area (Å²) in [6.07, 6.45) is 0. The molecule has 0 fully saturated rings. The maximum Gasteiger partial charge on any atom is 0.115 e. The standard InChI is InChI=1S/C28H19OP/c29-22-13-15-24(16-14-22)30(23-7-2-1-3-8-23)26-18-12-21-10-9-19-5-4-6-20-11-17-25(26)28(21)27(19)20/h1-18,29H. The fourth-order valence-electron chi connectivity index (χ4n) is 4.52. The highest BCUT2D eigenvalue weighted by Gasteiger charge is 2.20. The van der Waals surface area contributed by atoms with Crippen molar-refractivity contribution in [2.75, 3.05) is 0 Å². The Hall–Kier alpha value is -3.41. The van der Waals surface area contributed by atoms with Crippen molar-refractivity contribution < 1.29 is 5.11 Å². The molecule has 0 radical (unpaired) electrons. The molecule has 1 nitrogen and oxygen atoms in total. The number of aromatic hydroxyl groups is 1. The molecule has 0 aliphatic heterocycles. The van der Waals surface area contributed by atoms with Crippen LogP contribution in [0.1, 0.15) is 0 Å². The van der Waals surface area contributed by atoms with E-state index in [0.717, 1.165) is 0 Å². The molecule has 6 aromatic carbocycles. The molecule has 2 heteroatoms. The molecule has 0 aromatic heterocycles. The zero-order chi connectivity index (χ0) is 20.1. The van der Waals surface area contributed by atoms with Crippen molar-refractivity contribution in [3.05, 3.63) is 109 Å². The van der Waals surface area contributed by atoms with Gasteiger partial charge in [0.15, 0.2) is 0 Å². The summed E-state index contributed by atoms with van der Waals surface area (Å²) in [6.45, 7) is 0. The maximum absolute atomic E-state index is 9.84. The van der Waals surface area contributed by atoms with E-state index in [0.29, 0.717) is 5.75 Å². The first-order valence-corrected chi connectivity index (χ1v) is 11.4. The molecule has 1 atom stereocenters. The van der Waals surface area contributed by atoms with Crippen LogP contribution < -0.4 is 15.9 Å². The van der Waals surface area contributed by atoms with Crippen molar-refractivity contribution in [3.63, 3.8) is 0 Å². The van der Waals surface area contributed by atoms with Gasteiger partial charge in [0, 0.05) is 0 Å². The summed E-state index contributed by atoms with van der Waals surface area (Å²) in [5.74, 6) is 0.303. The summed E-state index contributed by atoms with van der Waals surface area (Å²) < 4.78 is 0. The van der Waals surface area contributed by atoms with Crippen LogP contribution in [-0.4, -0.2) is 5.11 Å². The first-order valence-electron chi connectivity index (χ1n) is 10.1. The molecule has 0 aliphatic rings. The molecule has 0 saturated carbocycles. The van der Waals surface area contributed by atoms with Crippen molar-refractivity contribution in [2.45, 2.75) is 0 Å². The molecule has 0 spiro atoms. The highest BCUT2D eigenvalue weighted by molar-refractivity contribution is 7.80. The minimum atomic E-state index is -0.747. The van der Waals surface area contributed by atoms with Gasteiger partial charge in [0.25, 0.3) is 0 Å². The summed E-state index contributed by atoms with van der Waals surface area (Å²) in [5, 5.41) is 21.6. The monoisotopic (exact) mass is 402 g/mol. The highest BCUT2D eigenvalue weighted by Crippen LogP contribution is 2.40. The van der Waals surface area contributed by atoms with Gasteiger partial charge in [-0.15, -0.1) is 0 Å². The van der Waals surface area contributed by atoms with Gasteiger partial charge in [0.2, 0.25) is 0 Å². The SMILES string of the molecule is Oc1ccc(P(c2ccccc2)c2ccc3ccc4cccc5ccc2c3c45)cc1. The quantitative estimate of drug-likeness (QED) is 0.282. The molecule has 1 N–H and O–H groups in total. The van der Waals surface area contributed by atoms with Gasteiger partial charge in [-0.05, 0) is 68.3 Å². The first-order chi connectivity index (χ1) is 14.8.